The van der Waals surface area contributed by atoms with Crippen LogP contribution < -0.4 is 10.1 Å². The first-order valence-corrected chi connectivity index (χ1v) is 9.57. The van der Waals surface area contributed by atoms with Gasteiger partial charge in [-0.2, -0.15) is 0 Å². The van der Waals surface area contributed by atoms with E-state index < -0.39 is 5.91 Å². The van der Waals surface area contributed by atoms with Gasteiger partial charge in [0.05, 0.1) is 6.54 Å². The Hall–Kier alpha value is -2.90. The molecule has 7 nitrogen and oxygen atoms in total. The molecule has 0 saturated heterocycles. The number of amides is 1. The fourth-order valence-electron chi connectivity index (χ4n) is 2.67. The van der Waals surface area contributed by atoms with Crippen LogP contribution in [0.25, 0.3) is 11.5 Å². The Morgan fingerprint density at radius 1 is 1.21 bits per heavy atom. The summed E-state index contributed by atoms with van der Waals surface area (Å²) in [4.78, 5) is 14.3. The Morgan fingerprint density at radius 2 is 1.97 bits per heavy atom. The van der Waals surface area contributed by atoms with Crippen LogP contribution in [0.1, 0.15) is 23.2 Å². The number of hydrogen-bond acceptors (Lipinski definition) is 6. The summed E-state index contributed by atoms with van der Waals surface area (Å²) in [7, 11) is 3.97. The van der Waals surface area contributed by atoms with Crippen molar-refractivity contribution in [2.24, 2.45) is 0 Å². The van der Waals surface area contributed by atoms with Crippen LogP contribution in [-0.2, 0) is 6.54 Å². The van der Waals surface area contributed by atoms with Gasteiger partial charge in [-0.15, -0.1) is 10.2 Å². The highest BCUT2D eigenvalue weighted by molar-refractivity contribution is 6.31. The maximum atomic E-state index is 12.3. The monoisotopic (exact) mass is 414 g/mol. The topological polar surface area (TPSA) is 80.5 Å². The molecule has 29 heavy (non-hydrogen) atoms. The zero-order chi connectivity index (χ0) is 20.8. The predicted molar refractivity (Wildman–Crippen MR) is 111 cm³/mol. The third-order valence-corrected chi connectivity index (χ3v) is 4.39. The third kappa shape index (κ3) is 5.79. The molecular formula is C21H23ClN4O3. The molecule has 0 fully saturated rings. The average Bonchev–Trinajstić information content (AvgIpc) is 3.19. The number of nitrogens with one attached hydrogen (secondary N) is 1. The number of nitrogens with zero attached hydrogens (tertiary/aromatic N) is 3. The molecule has 0 bridgehead atoms. The SMILES string of the molecule is CC(CNC(=O)c1nnc(-c2ccccc2)o1)Oc1ccc(CN(C)C)c(Cl)c1. The molecule has 0 aliphatic heterocycles. The molecule has 1 unspecified atom stereocenters. The molecule has 0 saturated carbocycles. The van der Waals surface area contributed by atoms with E-state index in [9.17, 15) is 4.79 Å². The number of aromatic nitrogens is 2. The van der Waals surface area contributed by atoms with Crippen molar-refractivity contribution in [1.82, 2.24) is 20.4 Å². The summed E-state index contributed by atoms with van der Waals surface area (Å²) in [6, 6.07) is 14.9. The molecule has 3 aromatic rings. The largest absolute Gasteiger partial charge is 0.489 e. The first kappa shape index (κ1) is 20.8. The highest BCUT2D eigenvalue weighted by atomic mass is 35.5. The lowest BCUT2D eigenvalue weighted by molar-refractivity contribution is 0.0898. The molecule has 1 atom stereocenters. The van der Waals surface area contributed by atoms with Gasteiger partial charge in [-0.05, 0) is 50.8 Å². The number of rotatable bonds is 8. The van der Waals surface area contributed by atoms with Gasteiger partial charge in [-0.1, -0.05) is 35.9 Å². The van der Waals surface area contributed by atoms with Crippen molar-refractivity contribution in [3.63, 3.8) is 0 Å². The lowest BCUT2D eigenvalue weighted by atomic mass is 10.2. The summed E-state index contributed by atoms with van der Waals surface area (Å²) in [5.74, 6) is 0.401. The molecule has 1 amide bonds. The second kappa shape index (κ2) is 9.54. The molecule has 3 rings (SSSR count). The number of carbonyl (C=O) groups is 1. The van der Waals surface area contributed by atoms with Crippen molar-refractivity contribution in [2.75, 3.05) is 20.6 Å². The van der Waals surface area contributed by atoms with Crippen molar-refractivity contribution in [3.05, 3.63) is 65.0 Å². The maximum absolute atomic E-state index is 12.3. The van der Waals surface area contributed by atoms with E-state index in [4.69, 9.17) is 20.8 Å². The molecule has 1 heterocycles. The highest BCUT2D eigenvalue weighted by Gasteiger charge is 2.17. The molecule has 0 spiro atoms. The number of carbonyl (C=O) groups excluding carboxylic acids is 1. The minimum absolute atomic E-state index is 0.0906. The summed E-state index contributed by atoms with van der Waals surface area (Å²) in [6.45, 7) is 2.88. The van der Waals surface area contributed by atoms with Gasteiger partial charge in [0, 0.05) is 17.1 Å². The second-order valence-electron chi connectivity index (χ2n) is 6.91. The zero-order valence-electron chi connectivity index (χ0n) is 16.6. The maximum Gasteiger partial charge on any atom is 0.308 e. The Balaban J connectivity index is 1.53. The molecule has 0 aliphatic carbocycles. The average molecular weight is 415 g/mol. The smallest absolute Gasteiger partial charge is 0.308 e. The Morgan fingerprint density at radius 3 is 2.66 bits per heavy atom. The molecule has 8 heteroatoms. The standard InChI is InChI=1S/C21H23ClN4O3/c1-14(28-17-10-9-16(13-26(2)3)18(22)11-17)12-23-19(27)21-25-24-20(29-21)15-7-5-4-6-8-15/h4-11,14H,12-13H2,1-3H3,(H,23,27). The molecule has 0 aliphatic rings. The Bertz CT molecular complexity index is 960. The van der Waals surface area contributed by atoms with Gasteiger partial charge in [0.25, 0.3) is 0 Å². The van der Waals surface area contributed by atoms with Crippen LogP contribution in [-0.4, -0.2) is 47.7 Å². The number of ether oxygens (including phenoxy) is 1. The quantitative estimate of drug-likeness (QED) is 0.606. The number of hydrogen-bond donors (Lipinski definition) is 1. The van der Waals surface area contributed by atoms with E-state index >= 15 is 0 Å². The minimum atomic E-state index is -0.450. The van der Waals surface area contributed by atoms with Gasteiger partial charge >= 0.3 is 11.8 Å². The van der Waals surface area contributed by atoms with E-state index in [1.165, 1.54) is 0 Å². The van der Waals surface area contributed by atoms with E-state index in [1.807, 2.05) is 68.4 Å². The molecule has 1 aromatic heterocycles. The summed E-state index contributed by atoms with van der Waals surface area (Å²) < 4.78 is 11.3. The Kier molecular flexibility index (Phi) is 6.85. The number of benzene rings is 2. The number of halogens is 1. The first-order valence-electron chi connectivity index (χ1n) is 9.19. The highest BCUT2D eigenvalue weighted by Crippen LogP contribution is 2.24. The fourth-order valence-corrected chi connectivity index (χ4v) is 2.90. The van der Waals surface area contributed by atoms with E-state index in [0.29, 0.717) is 16.7 Å². The molecule has 2 aromatic carbocycles. The predicted octanol–water partition coefficient (Wildman–Crippen LogP) is 3.65. The zero-order valence-corrected chi connectivity index (χ0v) is 17.3. The van der Waals surface area contributed by atoms with Crippen LogP contribution >= 0.6 is 11.6 Å². The fraction of sp³-hybridized carbons (Fsp3) is 0.286. The lowest BCUT2D eigenvalue weighted by Gasteiger charge is -2.17. The van der Waals surface area contributed by atoms with Crippen molar-refractivity contribution in [1.29, 1.82) is 0 Å². The van der Waals surface area contributed by atoms with E-state index in [1.54, 1.807) is 6.07 Å². The minimum Gasteiger partial charge on any atom is -0.489 e. The molecule has 0 radical (unpaired) electrons. The van der Waals surface area contributed by atoms with Crippen LogP contribution in [0.5, 0.6) is 5.75 Å². The third-order valence-electron chi connectivity index (χ3n) is 4.04. The Labute approximate surface area is 174 Å². The van der Waals surface area contributed by atoms with E-state index in [0.717, 1.165) is 17.7 Å². The first-order chi connectivity index (χ1) is 13.9. The summed E-state index contributed by atoms with van der Waals surface area (Å²) in [6.07, 6.45) is -0.272. The van der Waals surface area contributed by atoms with Crippen molar-refractivity contribution >= 4 is 17.5 Å². The van der Waals surface area contributed by atoms with Gasteiger partial charge in [0.2, 0.25) is 5.89 Å². The van der Waals surface area contributed by atoms with Crippen LogP contribution in [0.3, 0.4) is 0 Å². The van der Waals surface area contributed by atoms with Gasteiger partial charge < -0.3 is 19.4 Å². The van der Waals surface area contributed by atoms with Gasteiger partial charge in [0.15, 0.2) is 0 Å². The summed E-state index contributed by atoms with van der Waals surface area (Å²) >= 11 is 6.31. The van der Waals surface area contributed by atoms with Gasteiger partial charge in [-0.25, -0.2) is 0 Å². The molecular weight excluding hydrogens is 392 g/mol. The van der Waals surface area contributed by atoms with E-state index in [2.05, 4.69) is 15.5 Å². The van der Waals surface area contributed by atoms with Gasteiger partial charge in [-0.3, -0.25) is 4.79 Å². The lowest BCUT2D eigenvalue weighted by Crippen LogP contribution is -2.33. The van der Waals surface area contributed by atoms with E-state index in [-0.39, 0.29) is 18.5 Å². The summed E-state index contributed by atoms with van der Waals surface area (Å²) in [5.41, 5.74) is 1.78. The van der Waals surface area contributed by atoms with Crippen LogP contribution in [0.4, 0.5) is 0 Å². The van der Waals surface area contributed by atoms with Crippen molar-refractivity contribution < 1.29 is 13.9 Å². The molecule has 1 N–H and O–H groups in total. The van der Waals surface area contributed by atoms with Gasteiger partial charge in [0.1, 0.15) is 11.9 Å². The van der Waals surface area contributed by atoms with Crippen LogP contribution in [0, 0.1) is 0 Å². The summed E-state index contributed by atoms with van der Waals surface area (Å²) in [5, 5.41) is 11.1. The normalized spacial score (nSPS) is 12.0. The second-order valence-corrected chi connectivity index (χ2v) is 7.32. The van der Waals surface area contributed by atoms with Crippen molar-refractivity contribution in [3.8, 4) is 17.2 Å². The van der Waals surface area contributed by atoms with Crippen LogP contribution in [0.2, 0.25) is 5.02 Å². The van der Waals surface area contributed by atoms with Crippen LogP contribution in [0.15, 0.2) is 52.9 Å². The van der Waals surface area contributed by atoms with Crippen molar-refractivity contribution in [2.45, 2.75) is 19.6 Å². The molecule has 152 valence electrons.